The van der Waals surface area contributed by atoms with Crippen molar-refractivity contribution in [1.29, 1.82) is 0 Å². The van der Waals surface area contributed by atoms with Crippen molar-refractivity contribution in [2.24, 2.45) is 5.41 Å². The van der Waals surface area contributed by atoms with E-state index >= 15 is 0 Å². The summed E-state index contributed by atoms with van der Waals surface area (Å²) < 4.78 is 0. The fraction of sp³-hybridized carbons (Fsp3) is 0.550. The molecule has 2 aliphatic rings. The number of hydrogen-bond donors (Lipinski definition) is 2. The first-order chi connectivity index (χ1) is 12.3. The van der Waals surface area contributed by atoms with Gasteiger partial charge < -0.3 is 11.1 Å². The van der Waals surface area contributed by atoms with Gasteiger partial charge in [-0.15, -0.1) is 11.3 Å². The summed E-state index contributed by atoms with van der Waals surface area (Å²) in [5.41, 5.74) is 8.15. The highest BCUT2D eigenvalue weighted by Crippen LogP contribution is 2.39. The van der Waals surface area contributed by atoms with Gasteiger partial charge in [-0.25, -0.2) is 4.98 Å². The minimum atomic E-state index is -0.109. The van der Waals surface area contributed by atoms with Gasteiger partial charge in [0.15, 0.2) is 5.78 Å². The van der Waals surface area contributed by atoms with Crippen LogP contribution in [0.4, 0.5) is 5.69 Å². The van der Waals surface area contributed by atoms with Crippen LogP contribution in [0.1, 0.15) is 78.1 Å². The van der Waals surface area contributed by atoms with Crippen LogP contribution in [0.3, 0.4) is 0 Å². The van der Waals surface area contributed by atoms with E-state index in [1.807, 2.05) is 6.07 Å². The molecule has 2 heterocycles. The Morgan fingerprint density at radius 3 is 2.73 bits per heavy atom. The molecule has 3 N–H and O–H groups in total. The molecule has 2 aromatic rings. The third kappa shape index (κ3) is 3.11. The largest absolute Gasteiger partial charge is 0.397 e. The van der Waals surface area contributed by atoms with Crippen LogP contribution in [-0.4, -0.2) is 22.7 Å². The monoisotopic (exact) mass is 371 g/mol. The molecule has 138 valence electrons. The predicted octanol–water partition coefficient (Wildman–Crippen LogP) is 4.10. The Hall–Kier alpha value is -1.95. The average Bonchev–Trinajstić information content (AvgIpc) is 2.89. The highest BCUT2D eigenvalue weighted by Gasteiger charge is 2.33. The molecule has 2 aliphatic carbocycles. The summed E-state index contributed by atoms with van der Waals surface area (Å²) in [6.07, 6.45) is 6.94. The number of pyridine rings is 1. The molecule has 0 bridgehead atoms. The lowest BCUT2D eigenvalue weighted by Gasteiger charge is -2.29. The Kier molecular flexibility index (Phi) is 4.26. The van der Waals surface area contributed by atoms with E-state index in [9.17, 15) is 9.59 Å². The number of nitrogens with one attached hydrogen (secondary N) is 1. The smallest absolute Gasteiger partial charge is 0.263 e. The van der Waals surface area contributed by atoms with E-state index in [0.717, 1.165) is 35.2 Å². The Bertz CT molecular complexity index is 894. The number of anilines is 1. The Morgan fingerprint density at radius 1 is 1.27 bits per heavy atom. The van der Waals surface area contributed by atoms with Crippen LogP contribution in [0.25, 0.3) is 10.2 Å². The minimum absolute atomic E-state index is 0.0747. The number of fused-ring (bicyclic) bond motifs is 2. The van der Waals surface area contributed by atoms with Gasteiger partial charge in [-0.05, 0) is 30.7 Å². The molecule has 6 heteroatoms. The molecule has 4 rings (SSSR count). The molecular weight excluding hydrogens is 346 g/mol. The first-order valence-corrected chi connectivity index (χ1v) is 10.2. The van der Waals surface area contributed by atoms with Crippen molar-refractivity contribution in [3.8, 4) is 0 Å². The van der Waals surface area contributed by atoms with Gasteiger partial charge in [0.1, 0.15) is 9.71 Å². The fourth-order valence-corrected chi connectivity index (χ4v) is 5.17. The number of nitrogens with zero attached hydrogens (tertiary/aromatic N) is 1. The van der Waals surface area contributed by atoms with Crippen molar-refractivity contribution in [3.63, 3.8) is 0 Å². The average molecular weight is 372 g/mol. The number of rotatable bonds is 2. The summed E-state index contributed by atoms with van der Waals surface area (Å²) in [4.78, 5) is 31.2. The van der Waals surface area contributed by atoms with Crippen LogP contribution in [-0.2, 0) is 6.42 Å². The molecule has 0 unspecified atom stereocenters. The second-order valence-electron chi connectivity index (χ2n) is 8.43. The van der Waals surface area contributed by atoms with Gasteiger partial charge in [0, 0.05) is 23.4 Å². The minimum Gasteiger partial charge on any atom is -0.397 e. The van der Waals surface area contributed by atoms with Crippen molar-refractivity contribution < 1.29 is 9.59 Å². The molecule has 0 radical (unpaired) electrons. The van der Waals surface area contributed by atoms with Gasteiger partial charge in [0.2, 0.25) is 0 Å². The molecule has 1 amide bonds. The SMILES string of the molecule is CC1(C)CC(=O)c2cc3c(N)c(C(=O)NC4CCCCC4)sc3nc2C1. The Morgan fingerprint density at radius 2 is 2.00 bits per heavy atom. The van der Waals surface area contributed by atoms with E-state index in [-0.39, 0.29) is 23.1 Å². The zero-order valence-corrected chi connectivity index (χ0v) is 16.2. The fourth-order valence-electron chi connectivity index (χ4n) is 4.17. The second-order valence-corrected chi connectivity index (χ2v) is 9.43. The van der Waals surface area contributed by atoms with Crippen molar-refractivity contribution in [2.75, 3.05) is 5.73 Å². The lowest BCUT2D eigenvalue weighted by Crippen LogP contribution is -2.36. The predicted molar refractivity (Wildman–Crippen MR) is 105 cm³/mol. The lowest BCUT2D eigenvalue weighted by atomic mass is 9.75. The quantitative estimate of drug-likeness (QED) is 0.832. The molecule has 1 fully saturated rings. The van der Waals surface area contributed by atoms with Crippen molar-refractivity contribution in [1.82, 2.24) is 10.3 Å². The third-order valence-corrected chi connectivity index (χ3v) is 6.65. The number of thiophene rings is 1. The maximum Gasteiger partial charge on any atom is 0.263 e. The maximum absolute atomic E-state index is 12.7. The summed E-state index contributed by atoms with van der Waals surface area (Å²) in [6.45, 7) is 4.18. The first-order valence-electron chi connectivity index (χ1n) is 9.40. The van der Waals surface area contributed by atoms with Crippen LogP contribution in [0, 0.1) is 5.41 Å². The molecule has 0 aliphatic heterocycles. The Labute approximate surface area is 157 Å². The number of hydrogen-bond acceptors (Lipinski definition) is 5. The van der Waals surface area contributed by atoms with Gasteiger partial charge in [-0.2, -0.15) is 0 Å². The maximum atomic E-state index is 12.7. The third-order valence-electron chi connectivity index (χ3n) is 5.53. The number of aromatic nitrogens is 1. The van der Waals surface area contributed by atoms with Crippen LogP contribution in [0.5, 0.6) is 0 Å². The van der Waals surface area contributed by atoms with Crippen LogP contribution in [0.2, 0.25) is 0 Å². The number of carbonyl (C=O) groups is 2. The Balaban J connectivity index is 1.68. The number of carbonyl (C=O) groups excluding carboxylic acids is 2. The molecule has 0 atom stereocenters. The van der Waals surface area contributed by atoms with E-state index in [1.54, 1.807) is 0 Å². The van der Waals surface area contributed by atoms with Gasteiger partial charge in [-0.3, -0.25) is 9.59 Å². The van der Waals surface area contributed by atoms with E-state index < -0.39 is 0 Å². The zero-order chi connectivity index (χ0) is 18.5. The highest BCUT2D eigenvalue weighted by molar-refractivity contribution is 7.21. The van der Waals surface area contributed by atoms with E-state index in [0.29, 0.717) is 22.5 Å². The highest BCUT2D eigenvalue weighted by atomic mass is 32.1. The molecule has 26 heavy (non-hydrogen) atoms. The van der Waals surface area contributed by atoms with E-state index in [1.165, 1.54) is 30.6 Å². The van der Waals surface area contributed by atoms with Crippen LogP contribution >= 0.6 is 11.3 Å². The number of nitrogens with two attached hydrogens (primary N) is 1. The summed E-state index contributed by atoms with van der Waals surface area (Å²) in [6, 6.07) is 2.09. The first kappa shape index (κ1) is 17.5. The molecule has 0 saturated heterocycles. The van der Waals surface area contributed by atoms with Crippen LogP contribution < -0.4 is 11.1 Å². The second kappa shape index (κ2) is 6.34. The van der Waals surface area contributed by atoms with Crippen molar-refractivity contribution in [2.45, 2.75) is 64.8 Å². The van der Waals surface area contributed by atoms with Gasteiger partial charge in [0.25, 0.3) is 5.91 Å². The molecule has 0 spiro atoms. The van der Waals surface area contributed by atoms with Crippen molar-refractivity contribution in [3.05, 3.63) is 22.2 Å². The number of nitrogen functional groups attached to an aromatic ring is 1. The number of ketones is 1. The molecule has 1 saturated carbocycles. The number of amides is 1. The standard InChI is InChI=1S/C20H25N3O2S/c1-20(2)9-14-12(15(24)10-20)8-13-16(21)17(26-19(13)23-14)18(25)22-11-6-4-3-5-7-11/h8,11H,3-7,9-10,21H2,1-2H3,(H,22,25). The summed E-state index contributed by atoms with van der Waals surface area (Å²) in [7, 11) is 0. The summed E-state index contributed by atoms with van der Waals surface area (Å²) in [5, 5.41) is 3.86. The molecule has 5 nitrogen and oxygen atoms in total. The van der Waals surface area contributed by atoms with Gasteiger partial charge >= 0.3 is 0 Å². The number of Topliss-reactive ketones (excluding diaryl/α,β-unsaturated/α-hetero) is 1. The lowest BCUT2D eigenvalue weighted by molar-refractivity contribution is 0.0907. The topological polar surface area (TPSA) is 85.1 Å². The molecular formula is C20H25N3O2S. The summed E-state index contributed by atoms with van der Waals surface area (Å²) >= 11 is 1.34. The van der Waals surface area contributed by atoms with Crippen molar-refractivity contribution >= 4 is 38.9 Å². The normalized spacial score (nSPS) is 20.2. The summed E-state index contributed by atoms with van der Waals surface area (Å²) in [5.74, 6) is 0.00601. The molecule has 2 aromatic heterocycles. The van der Waals surface area contributed by atoms with Gasteiger partial charge in [0.05, 0.1) is 11.4 Å². The molecule has 0 aromatic carbocycles. The van der Waals surface area contributed by atoms with E-state index in [2.05, 4.69) is 19.2 Å². The van der Waals surface area contributed by atoms with Crippen LogP contribution in [0.15, 0.2) is 6.07 Å². The van der Waals surface area contributed by atoms with Gasteiger partial charge in [-0.1, -0.05) is 33.1 Å². The van der Waals surface area contributed by atoms with E-state index in [4.69, 9.17) is 10.7 Å². The zero-order valence-electron chi connectivity index (χ0n) is 15.4.